The molecule has 0 saturated heterocycles. The van der Waals surface area contributed by atoms with E-state index in [0.717, 1.165) is 0 Å². The third kappa shape index (κ3) is 2.57. The lowest BCUT2D eigenvalue weighted by Gasteiger charge is -2.29. The van der Waals surface area contributed by atoms with Crippen molar-refractivity contribution in [2.45, 2.75) is 53.1 Å². The smallest absolute Gasteiger partial charge is 0.0756 e. The zero-order valence-corrected chi connectivity index (χ0v) is 9.30. The summed E-state index contributed by atoms with van der Waals surface area (Å²) in [5.74, 6) is 0.461. The number of aliphatic hydroxyl groups is 1. The van der Waals surface area contributed by atoms with Crippen LogP contribution in [0.2, 0.25) is 0 Å². The van der Waals surface area contributed by atoms with Crippen molar-refractivity contribution in [3.63, 3.8) is 0 Å². The third-order valence-electron chi connectivity index (χ3n) is 3.26. The van der Waals surface area contributed by atoms with Crippen LogP contribution >= 0.6 is 0 Å². The number of hydrogen-bond donors (Lipinski definition) is 1. The number of aliphatic hydroxyl groups excluding tert-OH is 1. The van der Waals surface area contributed by atoms with E-state index in [0.29, 0.717) is 11.3 Å². The summed E-state index contributed by atoms with van der Waals surface area (Å²) >= 11 is 0. The lowest BCUT2D eigenvalue weighted by Crippen LogP contribution is -2.28. The van der Waals surface area contributed by atoms with Crippen LogP contribution in [0.15, 0.2) is 11.6 Å². The number of allylic oxidation sites excluding steroid dienone is 1. The molecular weight excluding hydrogens is 160 g/mol. The SMILES string of the molecule is CC(C)=CC(O)C1CCCC1(C)C. The average Bonchev–Trinajstić information content (AvgIpc) is 2.27. The van der Waals surface area contributed by atoms with Gasteiger partial charge in [-0.25, -0.2) is 0 Å². The fourth-order valence-corrected chi connectivity index (χ4v) is 2.44. The van der Waals surface area contributed by atoms with Crippen molar-refractivity contribution in [1.29, 1.82) is 0 Å². The number of hydrogen-bond acceptors (Lipinski definition) is 1. The van der Waals surface area contributed by atoms with E-state index < -0.39 is 0 Å². The molecule has 1 aliphatic carbocycles. The molecule has 0 aromatic rings. The second-order valence-corrected chi connectivity index (χ2v) is 5.22. The predicted octanol–water partition coefficient (Wildman–Crippen LogP) is 3.14. The Bertz CT molecular complexity index is 199. The van der Waals surface area contributed by atoms with Gasteiger partial charge in [0.15, 0.2) is 0 Å². The maximum Gasteiger partial charge on any atom is 0.0756 e. The Kier molecular flexibility index (Phi) is 3.18. The van der Waals surface area contributed by atoms with E-state index in [1.54, 1.807) is 0 Å². The molecule has 0 amide bonds. The van der Waals surface area contributed by atoms with Gasteiger partial charge in [0.2, 0.25) is 0 Å². The van der Waals surface area contributed by atoms with E-state index in [4.69, 9.17) is 0 Å². The summed E-state index contributed by atoms with van der Waals surface area (Å²) in [6, 6.07) is 0. The molecule has 13 heavy (non-hydrogen) atoms. The highest BCUT2D eigenvalue weighted by atomic mass is 16.3. The van der Waals surface area contributed by atoms with Crippen molar-refractivity contribution in [3.8, 4) is 0 Å². The molecule has 1 heteroatoms. The molecule has 0 aromatic carbocycles. The van der Waals surface area contributed by atoms with Crippen molar-refractivity contribution < 1.29 is 5.11 Å². The zero-order valence-electron chi connectivity index (χ0n) is 9.30. The Morgan fingerprint density at radius 3 is 2.46 bits per heavy atom. The molecule has 1 aliphatic rings. The van der Waals surface area contributed by atoms with Crippen molar-refractivity contribution in [2.75, 3.05) is 0 Å². The van der Waals surface area contributed by atoms with Crippen molar-refractivity contribution in [1.82, 2.24) is 0 Å². The van der Waals surface area contributed by atoms with E-state index in [2.05, 4.69) is 13.8 Å². The second kappa shape index (κ2) is 3.83. The molecule has 1 N–H and O–H groups in total. The Hall–Kier alpha value is -0.300. The van der Waals surface area contributed by atoms with E-state index in [9.17, 15) is 5.11 Å². The lowest BCUT2D eigenvalue weighted by molar-refractivity contribution is 0.0887. The van der Waals surface area contributed by atoms with Gasteiger partial charge in [-0.1, -0.05) is 31.9 Å². The molecule has 76 valence electrons. The molecule has 1 nitrogen and oxygen atoms in total. The minimum absolute atomic E-state index is 0.234. The quantitative estimate of drug-likeness (QED) is 0.650. The Morgan fingerprint density at radius 2 is 2.08 bits per heavy atom. The van der Waals surface area contributed by atoms with Crippen LogP contribution in [-0.2, 0) is 0 Å². The van der Waals surface area contributed by atoms with E-state index in [1.165, 1.54) is 24.8 Å². The summed E-state index contributed by atoms with van der Waals surface area (Å²) in [5.41, 5.74) is 1.54. The van der Waals surface area contributed by atoms with Crippen LogP contribution < -0.4 is 0 Å². The Labute approximate surface area is 81.9 Å². The highest BCUT2D eigenvalue weighted by Crippen LogP contribution is 2.44. The van der Waals surface area contributed by atoms with E-state index in [-0.39, 0.29) is 6.10 Å². The van der Waals surface area contributed by atoms with Crippen LogP contribution in [0.1, 0.15) is 47.0 Å². The van der Waals surface area contributed by atoms with Crippen molar-refractivity contribution >= 4 is 0 Å². The van der Waals surface area contributed by atoms with Gasteiger partial charge in [0.1, 0.15) is 0 Å². The third-order valence-corrected chi connectivity index (χ3v) is 3.26. The highest BCUT2D eigenvalue weighted by Gasteiger charge is 2.37. The fraction of sp³-hybridized carbons (Fsp3) is 0.833. The highest BCUT2D eigenvalue weighted by molar-refractivity contribution is 5.03. The summed E-state index contributed by atoms with van der Waals surface area (Å²) in [7, 11) is 0. The fourth-order valence-electron chi connectivity index (χ4n) is 2.44. The molecule has 1 rings (SSSR count). The van der Waals surface area contributed by atoms with Gasteiger partial charge in [-0.2, -0.15) is 0 Å². The van der Waals surface area contributed by atoms with Crippen LogP contribution in [0.4, 0.5) is 0 Å². The maximum absolute atomic E-state index is 9.98. The van der Waals surface area contributed by atoms with Crippen LogP contribution in [0.3, 0.4) is 0 Å². The first kappa shape index (κ1) is 10.8. The molecule has 0 aliphatic heterocycles. The minimum atomic E-state index is -0.234. The van der Waals surface area contributed by atoms with Gasteiger partial charge < -0.3 is 5.11 Å². The van der Waals surface area contributed by atoms with Crippen LogP contribution in [0.5, 0.6) is 0 Å². The first-order chi connectivity index (χ1) is 5.93. The maximum atomic E-state index is 9.98. The van der Waals surface area contributed by atoms with Crippen molar-refractivity contribution in [2.24, 2.45) is 11.3 Å². The van der Waals surface area contributed by atoms with Crippen LogP contribution in [0.25, 0.3) is 0 Å². The summed E-state index contributed by atoms with van der Waals surface area (Å²) in [6.07, 6.45) is 5.47. The van der Waals surface area contributed by atoms with Gasteiger partial charge in [0.25, 0.3) is 0 Å². The first-order valence-corrected chi connectivity index (χ1v) is 5.26. The van der Waals surface area contributed by atoms with Crippen molar-refractivity contribution in [3.05, 3.63) is 11.6 Å². The predicted molar refractivity (Wildman–Crippen MR) is 56.6 cm³/mol. The molecule has 0 bridgehead atoms. The van der Waals surface area contributed by atoms with Gasteiger partial charge in [-0.05, 0) is 38.0 Å². The molecule has 0 heterocycles. The zero-order chi connectivity index (χ0) is 10.1. The number of rotatable bonds is 2. The monoisotopic (exact) mass is 182 g/mol. The molecular formula is C12H22O. The average molecular weight is 182 g/mol. The van der Waals surface area contributed by atoms with Crippen LogP contribution in [0, 0.1) is 11.3 Å². The van der Waals surface area contributed by atoms with Gasteiger partial charge in [-0.15, -0.1) is 0 Å². The van der Waals surface area contributed by atoms with Gasteiger partial charge >= 0.3 is 0 Å². The largest absolute Gasteiger partial charge is 0.389 e. The molecule has 1 saturated carbocycles. The minimum Gasteiger partial charge on any atom is -0.389 e. The molecule has 1 fully saturated rings. The van der Waals surface area contributed by atoms with E-state index in [1.807, 2.05) is 19.9 Å². The van der Waals surface area contributed by atoms with Gasteiger partial charge in [0.05, 0.1) is 6.10 Å². The lowest BCUT2D eigenvalue weighted by atomic mass is 9.78. The molecule has 0 aromatic heterocycles. The standard InChI is InChI=1S/C12H22O/c1-9(2)8-11(13)10-6-5-7-12(10,3)4/h8,10-11,13H,5-7H2,1-4H3. The molecule has 0 spiro atoms. The normalized spacial score (nSPS) is 28.5. The van der Waals surface area contributed by atoms with E-state index >= 15 is 0 Å². The Balaban J connectivity index is 2.66. The summed E-state index contributed by atoms with van der Waals surface area (Å²) < 4.78 is 0. The molecule has 2 atom stereocenters. The van der Waals surface area contributed by atoms with Crippen LogP contribution in [-0.4, -0.2) is 11.2 Å². The summed E-state index contributed by atoms with van der Waals surface area (Å²) in [5, 5.41) is 9.98. The molecule has 2 unspecified atom stereocenters. The first-order valence-electron chi connectivity index (χ1n) is 5.26. The van der Waals surface area contributed by atoms with Gasteiger partial charge in [-0.3, -0.25) is 0 Å². The summed E-state index contributed by atoms with van der Waals surface area (Å²) in [4.78, 5) is 0. The Morgan fingerprint density at radius 1 is 1.46 bits per heavy atom. The topological polar surface area (TPSA) is 20.2 Å². The van der Waals surface area contributed by atoms with Gasteiger partial charge in [0, 0.05) is 0 Å². The summed E-state index contributed by atoms with van der Waals surface area (Å²) in [6.45, 7) is 8.63. The second-order valence-electron chi connectivity index (χ2n) is 5.22. The molecule has 0 radical (unpaired) electrons.